The molecule has 2 radical (unpaired) electrons. The molecular formula is C10H4F2. The summed E-state index contributed by atoms with van der Waals surface area (Å²) >= 11 is 0. The summed E-state index contributed by atoms with van der Waals surface area (Å²) in [6, 6.07) is 11.2. The molecule has 0 aliphatic rings. The number of hydrogen-bond donors (Lipinski definition) is 0. The topological polar surface area (TPSA) is 0 Å². The van der Waals surface area contributed by atoms with Crippen molar-refractivity contribution in [3.8, 4) is 0 Å². The molecule has 0 aliphatic heterocycles. The maximum absolute atomic E-state index is 13.0. The highest BCUT2D eigenvalue weighted by Crippen LogP contribution is 2.18. The smallest absolute Gasteiger partial charge is 0.168 e. The third-order valence-electron chi connectivity index (χ3n) is 1.66. The lowest BCUT2D eigenvalue weighted by Crippen LogP contribution is -1.85. The van der Waals surface area contributed by atoms with E-state index >= 15 is 0 Å². The molecule has 2 rings (SSSR count). The van der Waals surface area contributed by atoms with Crippen LogP contribution in [0.4, 0.5) is 8.78 Å². The van der Waals surface area contributed by atoms with Crippen molar-refractivity contribution in [2.75, 3.05) is 0 Å². The maximum atomic E-state index is 13.0. The van der Waals surface area contributed by atoms with Gasteiger partial charge in [-0.15, -0.1) is 0 Å². The third-order valence-corrected chi connectivity index (χ3v) is 1.66. The van der Waals surface area contributed by atoms with Gasteiger partial charge in [-0.2, -0.15) is 0 Å². The van der Waals surface area contributed by atoms with Gasteiger partial charge in [0.1, 0.15) is 0 Å². The first kappa shape index (κ1) is 7.22. The summed E-state index contributed by atoms with van der Waals surface area (Å²) in [5.41, 5.74) is 0. The first-order valence-corrected chi connectivity index (χ1v) is 3.46. The van der Waals surface area contributed by atoms with Crippen molar-refractivity contribution in [2.45, 2.75) is 0 Å². The Kier molecular flexibility index (Phi) is 1.54. The standard InChI is InChI=1S/C10H4F2/c11-9-6-5-7-3-1-2-4-8(7)10(9)12/h1-4H. The summed E-state index contributed by atoms with van der Waals surface area (Å²) in [7, 11) is 0. The molecule has 0 aliphatic carbocycles. The van der Waals surface area contributed by atoms with Crippen molar-refractivity contribution < 1.29 is 8.78 Å². The zero-order valence-corrected chi connectivity index (χ0v) is 6.07. The number of hydrogen-bond acceptors (Lipinski definition) is 0. The normalized spacial score (nSPS) is 10.5. The predicted octanol–water partition coefficient (Wildman–Crippen LogP) is 2.72. The Balaban J connectivity index is 2.91. The van der Waals surface area contributed by atoms with Crippen LogP contribution in [0.3, 0.4) is 0 Å². The van der Waals surface area contributed by atoms with Crippen LogP contribution in [0.15, 0.2) is 24.3 Å². The van der Waals surface area contributed by atoms with Gasteiger partial charge in [-0.1, -0.05) is 24.3 Å². The lowest BCUT2D eigenvalue weighted by atomic mass is 10.1. The molecule has 0 fully saturated rings. The van der Waals surface area contributed by atoms with Crippen molar-refractivity contribution >= 4 is 10.8 Å². The minimum atomic E-state index is -0.978. The molecule has 0 saturated carbocycles. The maximum Gasteiger partial charge on any atom is 0.168 e. The molecule has 0 amide bonds. The minimum Gasteiger partial charge on any atom is -0.203 e. The van der Waals surface area contributed by atoms with Crippen LogP contribution >= 0.6 is 0 Å². The van der Waals surface area contributed by atoms with E-state index in [-0.39, 0.29) is 5.39 Å². The van der Waals surface area contributed by atoms with E-state index in [1.54, 1.807) is 18.2 Å². The number of halogens is 2. The van der Waals surface area contributed by atoms with Crippen molar-refractivity contribution in [1.82, 2.24) is 0 Å². The second-order valence-corrected chi connectivity index (χ2v) is 2.42. The quantitative estimate of drug-likeness (QED) is 0.558. The van der Waals surface area contributed by atoms with Crippen molar-refractivity contribution in [3.05, 3.63) is 48.0 Å². The van der Waals surface area contributed by atoms with Gasteiger partial charge in [0, 0.05) is 17.5 Å². The zero-order valence-electron chi connectivity index (χ0n) is 6.07. The Morgan fingerprint density at radius 2 is 1.75 bits per heavy atom. The van der Waals surface area contributed by atoms with E-state index in [9.17, 15) is 8.78 Å². The molecule has 0 saturated heterocycles. The molecule has 2 heteroatoms. The lowest BCUT2D eigenvalue weighted by molar-refractivity contribution is 0.515. The van der Waals surface area contributed by atoms with Crippen LogP contribution in [0.1, 0.15) is 0 Å². The number of rotatable bonds is 0. The second-order valence-electron chi connectivity index (χ2n) is 2.42. The molecule has 0 atom stereocenters. The molecule has 0 spiro atoms. The summed E-state index contributed by atoms with van der Waals surface area (Å²) in [5.74, 6) is -1.84. The van der Waals surface area contributed by atoms with Gasteiger partial charge in [0.15, 0.2) is 11.6 Å². The highest BCUT2D eigenvalue weighted by Gasteiger charge is 2.05. The van der Waals surface area contributed by atoms with Gasteiger partial charge in [0.2, 0.25) is 0 Å². The molecule has 2 aromatic carbocycles. The van der Waals surface area contributed by atoms with Gasteiger partial charge in [-0.25, -0.2) is 8.78 Å². The van der Waals surface area contributed by atoms with Crippen LogP contribution in [-0.2, 0) is 0 Å². The molecule has 0 N–H and O–H groups in total. The Hall–Kier alpha value is -1.44. The molecule has 0 unspecified atom stereocenters. The van der Waals surface area contributed by atoms with E-state index in [1.165, 1.54) is 6.07 Å². The van der Waals surface area contributed by atoms with E-state index in [4.69, 9.17) is 0 Å². The summed E-state index contributed by atoms with van der Waals surface area (Å²) in [5, 5.41) is 0.783. The van der Waals surface area contributed by atoms with Crippen LogP contribution in [-0.4, -0.2) is 0 Å². The Morgan fingerprint density at radius 1 is 1.00 bits per heavy atom. The van der Waals surface area contributed by atoms with Crippen LogP contribution in [0.5, 0.6) is 0 Å². The van der Waals surface area contributed by atoms with Gasteiger partial charge in [0.05, 0.1) is 0 Å². The van der Waals surface area contributed by atoms with E-state index in [1.807, 2.05) is 0 Å². The highest BCUT2D eigenvalue weighted by molar-refractivity contribution is 5.82. The molecular weight excluding hydrogens is 158 g/mol. The molecule has 0 nitrogen and oxygen atoms in total. The van der Waals surface area contributed by atoms with Gasteiger partial charge in [0.25, 0.3) is 0 Å². The van der Waals surface area contributed by atoms with E-state index in [0.29, 0.717) is 5.39 Å². The van der Waals surface area contributed by atoms with Crippen molar-refractivity contribution in [2.24, 2.45) is 0 Å². The van der Waals surface area contributed by atoms with Crippen LogP contribution in [0.25, 0.3) is 10.8 Å². The first-order chi connectivity index (χ1) is 5.79. The molecule has 0 aromatic heterocycles. The molecule has 58 valence electrons. The monoisotopic (exact) mass is 162 g/mol. The minimum absolute atomic E-state index is 0.244. The SMILES string of the molecule is Fc1[c][c]c2ccccc2c1F. The fourth-order valence-corrected chi connectivity index (χ4v) is 1.08. The Bertz CT molecular complexity index is 421. The van der Waals surface area contributed by atoms with Crippen LogP contribution < -0.4 is 0 Å². The Morgan fingerprint density at radius 3 is 2.58 bits per heavy atom. The largest absolute Gasteiger partial charge is 0.203 e. The number of benzene rings is 2. The lowest BCUT2D eigenvalue weighted by Gasteiger charge is -1.97. The third kappa shape index (κ3) is 0.961. The average molecular weight is 162 g/mol. The number of fused-ring (bicyclic) bond motifs is 1. The second kappa shape index (κ2) is 2.55. The summed E-state index contributed by atoms with van der Waals surface area (Å²) < 4.78 is 25.6. The fourth-order valence-electron chi connectivity index (χ4n) is 1.08. The van der Waals surface area contributed by atoms with Gasteiger partial charge in [-0.3, -0.25) is 0 Å². The predicted molar refractivity (Wildman–Crippen MR) is 41.5 cm³/mol. The summed E-state index contributed by atoms with van der Waals surface area (Å²) in [4.78, 5) is 0. The molecule has 2 aromatic rings. The average Bonchev–Trinajstić information content (AvgIpc) is 2.12. The van der Waals surface area contributed by atoms with E-state index < -0.39 is 11.6 Å². The zero-order chi connectivity index (χ0) is 8.55. The molecule has 12 heavy (non-hydrogen) atoms. The highest BCUT2D eigenvalue weighted by atomic mass is 19.2. The van der Waals surface area contributed by atoms with Gasteiger partial charge < -0.3 is 0 Å². The van der Waals surface area contributed by atoms with Crippen molar-refractivity contribution in [1.29, 1.82) is 0 Å². The molecule has 0 bridgehead atoms. The van der Waals surface area contributed by atoms with Gasteiger partial charge >= 0.3 is 0 Å². The molecule has 0 heterocycles. The van der Waals surface area contributed by atoms with Gasteiger partial charge in [-0.05, 0) is 5.39 Å². The fraction of sp³-hybridized carbons (Fsp3) is 0. The van der Waals surface area contributed by atoms with E-state index in [0.717, 1.165) is 0 Å². The Labute approximate surface area is 68.4 Å². The summed E-state index contributed by atoms with van der Waals surface area (Å²) in [6.07, 6.45) is 0. The summed E-state index contributed by atoms with van der Waals surface area (Å²) in [6.45, 7) is 0. The van der Waals surface area contributed by atoms with Crippen LogP contribution in [0, 0.1) is 23.8 Å². The van der Waals surface area contributed by atoms with Crippen molar-refractivity contribution in [3.63, 3.8) is 0 Å². The first-order valence-electron chi connectivity index (χ1n) is 3.46. The van der Waals surface area contributed by atoms with E-state index in [2.05, 4.69) is 12.1 Å². The van der Waals surface area contributed by atoms with Crippen LogP contribution in [0.2, 0.25) is 0 Å².